The molecule has 3 heteroatoms. The number of nitrogens with one attached hydrogen (secondary N) is 1. The van der Waals surface area contributed by atoms with Crippen molar-refractivity contribution in [3.8, 4) is 0 Å². The first kappa shape index (κ1) is 8.85. The van der Waals surface area contributed by atoms with Crippen LogP contribution in [-0.4, -0.2) is 35.9 Å². The zero-order valence-corrected chi connectivity index (χ0v) is 8.56. The number of hydrogen-bond acceptors (Lipinski definition) is 3. The lowest BCUT2D eigenvalue weighted by molar-refractivity contribution is 0.190. The highest BCUT2D eigenvalue weighted by Crippen LogP contribution is 2.30. The van der Waals surface area contributed by atoms with Crippen molar-refractivity contribution in [3.05, 3.63) is 0 Å². The van der Waals surface area contributed by atoms with Crippen LogP contribution in [0.15, 0.2) is 0 Å². The molecule has 70 valence electrons. The minimum atomic E-state index is 0.430. The third kappa shape index (κ3) is 1.50. The summed E-state index contributed by atoms with van der Waals surface area (Å²) in [5.74, 6) is 0.945. The van der Waals surface area contributed by atoms with E-state index in [2.05, 4.69) is 29.8 Å². The van der Waals surface area contributed by atoms with Gasteiger partial charge >= 0.3 is 0 Å². The Bertz CT molecular complexity index is 161. The molecule has 0 aromatic heterocycles. The number of hydrogen-bond donors (Lipinski definition) is 2. The molecule has 2 nitrogen and oxygen atoms in total. The summed E-state index contributed by atoms with van der Waals surface area (Å²) < 4.78 is 0. The summed E-state index contributed by atoms with van der Waals surface area (Å²) in [5, 5.41) is 3.90. The smallest absolute Gasteiger partial charge is 0.0502 e. The minimum Gasteiger partial charge on any atom is -0.315 e. The molecule has 0 aliphatic carbocycles. The number of thiol groups is 1. The van der Waals surface area contributed by atoms with Gasteiger partial charge in [-0.05, 0) is 38.8 Å². The summed E-state index contributed by atoms with van der Waals surface area (Å²) in [6.45, 7) is 5.83. The Morgan fingerprint density at radius 1 is 1.50 bits per heavy atom. The molecule has 0 aromatic rings. The van der Waals surface area contributed by atoms with Crippen LogP contribution in [0.3, 0.4) is 0 Å². The summed E-state index contributed by atoms with van der Waals surface area (Å²) >= 11 is 4.51. The number of fused-ring (bicyclic) bond motifs is 1. The van der Waals surface area contributed by atoms with Crippen molar-refractivity contribution in [2.24, 2.45) is 5.92 Å². The van der Waals surface area contributed by atoms with E-state index in [4.69, 9.17) is 0 Å². The number of nitrogens with zero attached hydrogens (tertiary/aromatic N) is 1. The Balaban J connectivity index is 2.01. The van der Waals surface area contributed by atoms with Gasteiger partial charge in [-0.2, -0.15) is 12.6 Å². The van der Waals surface area contributed by atoms with E-state index in [0.717, 1.165) is 12.0 Å². The summed E-state index contributed by atoms with van der Waals surface area (Å²) in [6.07, 6.45) is 2.75. The third-order valence-electron chi connectivity index (χ3n) is 3.25. The fourth-order valence-electron chi connectivity index (χ4n) is 2.57. The van der Waals surface area contributed by atoms with Crippen LogP contribution in [0.25, 0.3) is 0 Å². The number of piperidine rings is 1. The first-order valence-electron chi connectivity index (χ1n) is 4.93. The molecule has 12 heavy (non-hydrogen) atoms. The fourth-order valence-corrected chi connectivity index (χ4v) is 2.85. The van der Waals surface area contributed by atoms with Crippen LogP contribution < -0.4 is 5.32 Å². The van der Waals surface area contributed by atoms with Crippen molar-refractivity contribution in [3.63, 3.8) is 0 Å². The second-order valence-corrected chi connectivity index (χ2v) is 4.73. The lowest BCUT2D eigenvalue weighted by Gasteiger charge is -2.34. The monoisotopic (exact) mass is 186 g/mol. The van der Waals surface area contributed by atoms with Crippen LogP contribution >= 0.6 is 12.6 Å². The first-order valence-corrected chi connectivity index (χ1v) is 5.45. The van der Waals surface area contributed by atoms with Gasteiger partial charge in [-0.3, -0.25) is 4.90 Å². The Kier molecular flexibility index (Phi) is 2.63. The average molecular weight is 186 g/mol. The van der Waals surface area contributed by atoms with E-state index < -0.39 is 0 Å². The molecule has 2 aliphatic rings. The molecule has 2 aliphatic heterocycles. The van der Waals surface area contributed by atoms with Gasteiger partial charge < -0.3 is 5.32 Å². The maximum Gasteiger partial charge on any atom is 0.0502 e. The quantitative estimate of drug-likeness (QED) is 0.593. The number of rotatable bonds is 1. The lowest BCUT2D eigenvalue weighted by Crippen LogP contribution is -2.47. The Hall–Kier alpha value is 0.270. The molecule has 0 bridgehead atoms. The lowest BCUT2D eigenvalue weighted by atomic mass is 9.93. The van der Waals surface area contributed by atoms with Gasteiger partial charge in [0.1, 0.15) is 0 Å². The second-order valence-electron chi connectivity index (χ2n) is 3.98. The topological polar surface area (TPSA) is 15.3 Å². The normalized spacial score (nSPS) is 39.5. The van der Waals surface area contributed by atoms with E-state index in [1.165, 1.54) is 32.5 Å². The second kappa shape index (κ2) is 3.56. The van der Waals surface area contributed by atoms with E-state index in [1.54, 1.807) is 0 Å². The highest BCUT2D eigenvalue weighted by Gasteiger charge is 2.36. The molecule has 3 atom stereocenters. The van der Waals surface area contributed by atoms with Crippen LogP contribution in [0, 0.1) is 5.92 Å². The van der Waals surface area contributed by atoms with Gasteiger partial charge in [0.05, 0.1) is 5.37 Å². The summed E-state index contributed by atoms with van der Waals surface area (Å²) in [7, 11) is 0. The van der Waals surface area contributed by atoms with Crippen LogP contribution in [0.1, 0.15) is 19.8 Å². The van der Waals surface area contributed by atoms with Gasteiger partial charge in [0.25, 0.3) is 0 Å². The highest BCUT2D eigenvalue weighted by atomic mass is 32.1. The summed E-state index contributed by atoms with van der Waals surface area (Å²) in [5.41, 5.74) is 0. The molecule has 2 heterocycles. The molecule has 1 N–H and O–H groups in total. The summed E-state index contributed by atoms with van der Waals surface area (Å²) in [6, 6.07) is 0.770. The maximum atomic E-state index is 4.51. The maximum absolute atomic E-state index is 4.51. The predicted molar refractivity (Wildman–Crippen MR) is 54.5 cm³/mol. The Morgan fingerprint density at radius 2 is 2.33 bits per heavy atom. The van der Waals surface area contributed by atoms with E-state index in [-0.39, 0.29) is 0 Å². The Labute approximate surface area is 80.1 Å². The fraction of sp³-hybridized carbons (Fsp3) is 1.00. The minimum absolute atomic E-state index is 0.430. The summed E-state index contributed by atoms with van der Waals surface area (Å²) in [4.78, 5) is 2.53. The van der Waals surface area contributed by atoms with Gasteiger partial charge in [0.15, 0.2) is 0 Å². The molecule has 0 spiro atoms. The number of likely N-dealkylation sites (tertiary alicyclic amines) is 1. The van der Waals surface area contributed by atoms with Crippen molar-refractivity contribution >= 4 is 12.6 Å². The van der Waals surface area contributed by atoms with Gasteiger partial charge in [0, 0.05) is 12.6 Å². The van der Waals surface area contributed by atoms with Gasteiger partial charge in [-0.1, -0.05) is 0 Å². The Morgan fingerprint density at radius 3 is 3.08 bits per heavy atom. The zero-order valence-electron chi connectivity index (χ0n) is 7.66. The molecule has 2 saturated heterocycles. The van der Waals surface area contributed by atoms with Crippen LogP contribution in [0.4, 0.5) is 0 Å². The van der Waals surface area contributed by atoms with Crippen LogP contribution in [-0.2, 0) is 0 Å². The van der Waals surface area contributed by atoms with E-state index in [0.29, 0.717) is 5.37 Å². The molecule has 0 amide bonds. The van der Waals surface area contributed by atoms with Crippen LogP contribution in [0.2, 0.25) is 0 Å². The molecule has 2 rings (SSSR count). The molecule has 0 aromatic carbocycles. The first-order chi connectivity index (χ1) is 5.79. The van der Waals surface area contributed by atoms with Gasteiger partial charge in [-0.25, -0.2) is 0 Å². The van der Waals surface area contributed by atoms with E-state index in [1.807, 2.05) is 0 Å². The van der Waals surface area contributed by atoms with Crippen molar-refractivity contribution in [2.75, 3.05) is 19.6 Å². The highest BCUT2D eigenvalue weighted by molar-refractivity contribution is 7.80. The average Bonchev–Trinajstić information content (AvgIpc) is 2.47. The van der Waals surface area contributed by atoms with Crippen molar-refractivity contribution < 1.29 is 0 Å². The predicted octanol–water partition coefficient (Wildman–Crippen LogP) is 0.946. The van der Waals surface area contributed by atoms with Gasteiger partial charge in [0.2, 0.25) is 0 Å². The largest absolute Gasteiger partial charge is 0.315 e. The molecule has 3 unspecified atom stereocenters. The molecule has 0 radical (unpaired) electrons. The molecule has 2 fully saturated rings. The molecular formula is C9H18N2S. The van der Waals surface area contributed by atoms with Crippen molar-refractivity contribution in [1.82, 2.24) is 10.2 Å². The standard InChI is InChI=1S/C9H18N2S/c1-7(12)11-5-3-8-2-4-10-6-9(8)11/h7-10,12H,2-6H2,1H3. The third-order valence-corrected chi connectivity index (χ3v) is 3.55. The van der Waals surface area contributed by atoms with Crippen LogP contribution in [0.5, 0.6) is 0 Å². The molecular weight excluding hydrogens is 168 g/mol. The van der Waals surface area contributed by atoms with Crippen molar-refractivity contribution in [2.45, 2.75) is 31.2 Å². The van der Waals surface area contributed by atoms with E-state index >= 15 is 0 Å². The van der Waals surface area contributed by atoms with E-state index in [9.17, 15) is 0 Å². The van der Waals surface area contributed by atoms with Gasteiger partial charge in [-0.15, -0.1) is 0 Å². The SMILES string of the molecule is CC(S)N1CCC2CCNCC21. The molecule has 0 saturated carbocycles. The zero-order chi connectivity index (χ0) is 8.55. The van der Waals surface area contributed by atoms with Crippen molar-refractivity contribution in [1.29, 1.82) is 0 Å².